The van der Waals surface area contributed by atoms with Crippen LogP contribution >= 0.6 is 12.2 Å². The first kappa shape index (κ1) is 27.1. The van der Waals surface area contributed by atoms with Crippen molar-refractivity contribution in [1.29, 1.82) is 0 Å². The van der Waals surface area contributed by atoms with Crippen LogP contribution in [-0.2, 0) is 9.53 Å². The Morgan fingerprint density at radius 1 is 1.05 bits per heavy atom. The van der Waals surface area contributed by atoms with Crippen molar-refractivity contribution in [3.05, 3.63) is 113 Å². The van der Waals surface area contributed by atoms with Gasteiger partial charge in [0, 0.05) is 36.7 Å². The Morgan fingerprint density at radius 2 is 1.85 bits per heavy atom. The number of anilines is 1. The number of amides is 1. The molecule has 4 aromatic rings. The molecule has 0 bridgehead atoms. The summed E-state index contributed by atoms with van der Waals surface area (Å²) in [4.78, 5) is 32.3. The van der Waals surface area contributed by atoms with Crippen LogP contribution in [0.1, 0.15) is 51.4 Å². The Hall–Kier alpha value is -4.50. The number of nitrogens with zero attached hydrogens (tertiary/aromatic N) is 3. The third-order valence-corrected chi connectivity index (χ3v) is 7.45. The highest BCUT2D eigenvalue weighted by atomic mass is 32.1. The molecule has 204 valence electrons. The van der Waals surface area contributed by atoms with Gasteiger partial charge in [-0.25, -0.2) is 4.79 Å². The first-order valence-electron chi connectivity index (χ1n) is 13.1. The molecule has 0 radical (unpaired) electrons. The van der Waals surface area contributed by atoms with Gasteiger partial charge in [-0.1, -0.05) is 30.3 Å². The number of hydrogen-bond donors (Lipinski definition) is 2. The predicted octanol–water partition coefficient (Wildman–Crippen LogP) is 5.28. The van der Waals surface area contributed by atoms with Crippen molar-refractivity contribution >= 4 is 34.9 Å². The van der Waals surface area contributed by atoms with E-state index >= 15 is 0 Å². The average molecular weight is 554 g/mol. The minimum Gasteiger partial charge on any atom is -0.465 e. The Morgan fingerprint density at radius 3 is 2.62 bits per heavy atom. The van der Waals surface area contributed by atoms with Gasteiger partial charge in [-0.05, 0) is 79.7 Å². The van der Waals surface area contributed by atoms with Crippen molar-refractivity contribution in [3.63, 3.8) is 0 Å². The van der Waals surface area contributed by atoms with Crippen molar-refractivity contribution in [1.82, 2.24) is 19.8 Å². The van der Waals surface area contributed by atoms with Gasteiger partial charge < -0.3 is 24.8 Å². The molecule has 0 saturated carbocycles. The van der Waals surface area contributed by atoms with Crippen LogP contribution in [0.15, 0.2) is 85.2 Å². The van der Waals surface area contributed by atoms with Crippen LogP contribution in [0, 0.1) is 13.8 Å². The van der Waals surface area contributed by atoms with Crippen LogP contribution in [0.3, 0.4) is 0 Å². The molecule has 9 heteroatoms. The zero-order chi connectivity index (χ0) is 28.2. The molecule has 2 N–H and O–H groups in total. The molecule has 1 aliphatic heterocycles. The van der Waals surface area contributed by atoms with Crippen molar-refractivity contribution in [2.75, 3.05) is 19.0 Å². The zero-order valence-corrected chi connectivity index (χ0v) is 23.4. The van der Waals surface area contributed by atoms with E-state index in [4.69, 9.17) is 17.0 Å². The number of thiocarbonyl (C=S) groups is 1. The number of methoxy groups -OCH3 is 1. The highest BCUT2D eigenvalue weighted by Gasteiger charge is 2.41. The predicted molar refractivity (Wildman–Crippen MR) is 158 cm³/mol. The van der Waals surface area contributed by atoms with E-state index in [1.54, 1.807) is 12.3 Å². The molecular weight excluding hydrogens is 522 g/mol. The lowest BCUT2D eigenvalue weighted by molar-refractivity contribution is -0.116. The normalized spacial score (nSPS) is 16.5. The van der Waals surface area contributed by atoms with Crippen LogP contribution in [0.4, 0.5) is 5.69 Å². The van der Waals surface area contributed by atoms with Gasteiger partial charge in [0.05, 0.1) is 36.1 Å². The van der Waals surface area contributed by atoms with E-state index in [0.29, 0.717) is 22.9 Å². The molecule has 40 heavy (non-hydrogen) atoms. The standard InChI is InChI=1S/C31H31N5O3S/c1-20-13-14-21(2)24(19-20)33-27(37)15-18-36-29(28(34-31(36)40)23-10-6-7-16-32-23)26-12-8-17-35(26)25-11-5-4-9-22(25)30(38)39-3/h4-14,16-17,19,28-29H,15,18H2,1-3H3,(H,33,37)(H,34,40). The van der Waals surface area contributed by atoms with Crippen molar-refractivity contribution in [3.8, 4) is 5.69 Å². The smallest absolute Gasteiger partial charge is 0.339 e. The number of pyridine rings is 1. The Labute approximate surface area is 239 Å². The molecule has 2 unspecified atom stereocenters. The highest BCUT2D eigenvalue weighted by molar-refractivity contribution is 7.80. The number of para-hydroxylation sites is 1. The zero-order valence-electron chi connectivity index (χ0n) is 22.6. The van der Waals surface area contributed by atoms with Gasteiger partial charge in [0.25, 0.3) is 0 Å². The molecule has 1 amide bonds. The van der Waals surface area contributed by atoms with E-state index in [9.17, 15) is 9.59 Å². The second kappa shape index (κ2) is 11.7. The van der Waals surface area contributed by atoms with E-state index in [2.05, 4.69) is 15.6 Å². The lowest BCUT2D eigenvalue weighted by Gasteiger charge is -2.29. The molecule has 2 aromatic carbocycles. The van der Waals surface area contributed by atoms with Gasteiger partial charge in [0.2, 0.25) is 5.91 Å². The summed E-state index contributed by atoms with van der Waals surface area (Å²) in [6, 6.07) is 22.5. The second-order valence-corrected chi connectivity index (χ2v) is 10.1. The summed E-state index contributed by atoms with van der Waals surface area (Å²) in [7, 11) is 1.37. The van der Waals surface area contributed by atoms with Gasteiger partial charge in [-0.3, -0.25) is 9.78 Å². The maximum atomic E-state index is 13.1. The van der Waals surface area contributed by atoms with E-state index in [-0.39, 0.29) is 24.4 Å². The Kier molecular flexibility index (Phi) is 7.93. The average Bonchev–Trinajstić information content (AvgIpc) is 3.58. The number of aromatic nitrogens is 2. The molecule has 1 aliphatic rings. The molecule has 0 aliphatic carbocycles. The molecule has 8 nitrogen and oxygen atoms in total. The second-order valence-electron chi connectivity index (χ2n) is 9.75. The molecular formula is C31H31N5O3S. The molecule has 1 fully saturated rings. The fourth-order valence-electron chi connectivity index (χ4n) is 5.09. The highest BCUT2D eigenvalue weighted by Crippen LogP contribution is 2.40. The fraction of sp³-hybridized carbons (Fsp3) is 0.226. The monoisotopic (exact) mass is 553 g/mol. The summed E-state index contributed by atoms with van der Waals surface area (Å²) in [5, 5.41) is 7.02. The molecule has 0 spiro atoms. The van der Waals surface area contributed by atoms with Crippen molar-refractivity contribution in [2.24, 2.45) is 0 Å². The maximum Gasteiger partial charge on any atom is 0.339 e. The summed E-state index contributed by atoms with van der Waals surface area (Å²) in [5.74, 6) is -0.514. The third-order valence-electron chi connectivity index (χ3n) is 7.10. The Bertz CT molecular complexity index is 1550. The van der Waals surface area contributed by atoms with Crippen LogP contribution in [0.2, 0.25) is 0 Å². The first-order valence-corrected chi connectivity index (χ1v) is 13.5. The molecule has 2 atom stereocenters. The molecule has 1 saturated heterocycles. The van der Waals surface area contributed by atoms with Crippen LogP contribution in [-0.4, -0.2) is 45.1 Å². The van der Waals surface area contributed by atoms with Gasteiger partial charge >= 0.3 is 5.97 Å². The van der Waals surface area contributed by atoms with E-state index in [1.165, 1.54) is 7.11 Å². The maximum absolute atomic E-state index is 13.1. The summed E-state index contributed by atoms with van der Waals surface area (Å²) in [6.07, 6.45) is 3.91. The molecule has 3 heterocycles. The fourth-order valence-corrected chi connectivity index (χ4v) is 5.43. The molecule has 2 aromatic heterocycles. The number of aryl methyl sites for hydroxylation is 2. The van der Waals surface area contributed by atoms with Crippen molar-refractivity contribution < 1.29 is 14.3 Å². The number of rotatable bonds is 8. The number of carbonyl (C=O) groups excluding carboxylic acids is 2. The number of esters is 1. The van der Waals surface area contributed by atoms with Gasteiger partial charge in [-0.15, -0.1) is 0 Å². The first-order chi connectivity index (χ1) is 19.4. The van der Waals surface area contributed by atoms with E-state index in [0.717, 1.165) is 28.2 Å². The summed E-state index contributed by atoms with van der Waals surface area (Å²) in [5.41, 5.74) is 5.76. The lowest BCUT2D eigenvalue weighted by Crippen LogP contribution is -2.33. The van der Waals surface area contributed by atoms with Crippen LogP contribution in [0.5, 0.6) is 0 Å². The van der Waals surface area contributed by atoms with Crippen LogP contribution in [0.25, 0.3) is 5.69 Å². The molecule has 5 rings (SSSR count). The minimum absolute atomic E-state index is 0.0945. The lowest BCUT2D eigenvalue weighted by atomic mass is 10.0. The number of carbonyl (C=O) groups is 2. The van der Waals surface area contributed by atoms with Crippen molar-refractivity contribution in [2.45, 2.75) is 32.4 Å². The third kappa shape index (κ3) is 5.46. The largest absolute Gasteiger partial charge is 0.465 e. The van der Waals surface area contributed by atoms with Gasteiger partial charge in [0.1, 0.15) is 0 Å². The summed E-state index contributed by atoms with van der Waals surface area (Å²) >= 11 is 5.81. The number of nitrogens with one attached hydrogen (secondary N) is 2. The summed E-state index contributed by atoms with van der Waals surface area (Å²) in [6.45, 7) is 4.36. The number of hydrogen-bond acceptors (Lipinski definition) is 5. The number of benzene rings is 2. The topological polar surface area (TPSA) is 88.5 Å². The van der Waals surface area contributed by atoms with E-state index in [1.807, 2.05) is 96.2 Å². The van der Waals surface area contributed by atoms with E-state index < -0.39 is 5.97 Å². The van der Waals surface area contributed by atoms with Gasteiger partial charge in [0.15, 0.2) is 5.11 Å². The SMILES string of the molecule is COC(=O)c1ccccc1-n1cccc1C1C(c2ccccn2)NC(=S)N1CCC(=O)Nc1cc(C)ccc1C. The van der Waals surface area contributed by atoms with Crippen LogP contribution < -0.4 is 10.6 Å². The summed E-state index contributed by atoms with van der Waals surface area (Å²) < 4.78 is 7.03. The van der Waals surface area contributed by atoms with Gasteiger partial charge in [-0.2, -0.15) is 0 Å². The number of ether oxygens (including phenoxy) is 1. The minimum atomic E-state index is -0.420. The quantitative estimate of drug-likeness (QED) is 0.227. The Balaban J connectivity index is 1.48.